The summed E-state index contributed by atoms with van der Waals surface area (Å²) in [6, 6.07) is 0. The Kier molecular flexibility index (Phi) is 0.968. The SMILES string of the molecule is C1CC2OCC3C1OCC23. The van der Waals surface area contributed by atoms with Crippen LogP contribution in [-0.4, -0.2) is 25.4 Å². The van der Waals surface area contributed by atoms with Crippen LogP contribution in [0.3, 0.4) is 0 Å². The molecular weight excluding hydrogens is 128 g/mol. The molecule has 4 unspecified atom stereocenters. The highest BCUT2D eigenvalue weighted by Crippen LogP contribution is 2.44. The quantitative estimate of drug-likeness (QED) is 0.495. The minimum atomic E-state index is 0.559. The largest absolute Gasteiger partial charge is 0.377 e. The number of rotatable bonds is 0. The van der Waals surface area contributed by atoms with Gasteiger partial charge in [0, 0.05) is 11.8 Å². The molecule has 4 atom stereocenters. The van der Waals surface area contributed by atoms with E-state index in [0.29, 0.717) is 12.2 Å². The van der Waals surface area contributed by atoms with Crippen molar-refractivity contribution in [1.82, 2.24) is 0 Å². The van der Waals surface area contributed by atoms with Gasteiger partial charge in [0.1, 0.15) is 0 Å². The van der Waals surface area contributed by atoms with E-state index < -0.39 is 0 Å². The maximum absolute atomic E-state index is 5.63. The van der Waals surface area contributed by atoms with Crippen LogP contribution in [0.5, 0.6) is 0 Å². The monoisotopic (exact) mass is 140 g/mol. The van der Waals surface area contributed by atoms with Crippen LogP contribution >= 0.6 is 0 Å². The smallest absolute Gasteiger partial charge is 0.0630 e. The first-order valence-electron chi connectivity index (χ1n) is 4.18. The molecule has 56 valence electrons. The van der Waals surface area contributed by atoms with Gasteiger partial charge in [-0.3, -0.25) is 0 Å². The number of ether oxygens (including phenoxy) is 2. The van der Waals surface area contributed by atoms with E-state index in [0.717, 1.165) is 25.0 Å². The minimum Gasteiger partial charge on any atom is -0.377 e. The summed E-state index contributed by atoms with van der Waals surface area (Å²) in [4.78, 5) is 0. The van der Waals surface area contributed by atoms with Gasteiger partial charge in [0.15, 0.2) is 0 Å². The average Bonchev–Trinajstić information content (AvgIpc) is 2.36. The van der Waals surface area contributed by atoms with E-state index in [4.69, 9.17) is 9.47 Å². The molecule has 0 aromatic carbocycles. The maximum Gasteiger partial charge on any atom is 0.0630 e. The summed E-state index contributed by atoms with van der Waals surface area (Å²) >= 11 is 0. The van der Waals surface area contributed by atoms with E-state index in [2.05, 4.69) is 0 Å². The molecule has 4 bridgehead atoms. The standard InChI is InChI=1S/C8H12O2/c1-2-8-6-4-9-7(1)5(6)3-10-8/h5-8H,1-4H2. The summed E-state index contributed by atoms with van der Waals surface area (Å²) in [5, 5.41) is 0. The Balaban J connectivity index is 1.97. The molecule has 3 fully saturated rings. The van der Waals surface area contributed by atoms with Crippen LogP contribution in [0, 0.1) is 11.8 Å². The third-order valence-electron chi connectivity index (χ3n) is 3.25. The van der Waals surface area contributed by atoms with E-state index in [1.807, 2.05) is 0 Å². The molecule has 3 rings (SSSR count). The summed E-state index contributed by atoms with van der Waals surface area (Å²) in [5.41, 5.74) is 0. The molecular formula is C8H12O2. The highest BCUT2D eigenvalue weighted by atomic mass is 16.5. The summed E-state index contributed by atoms with van der Waals surface area (Å²) in [6.45, 7) is 1.94. The van der Waals surface area contributed by atoms with Gasteiger partial charge in [-0.15, -0.1) is 0 Å². The lowest BCUT2D eigenvalue weighted by Gasteiger charge is -2.21. The van der Waals surface area contributed by atoms with Crippen molar-refractivity contribution in [1.29, 1.82) is 0 Å². The Morgan fingerprint density at radius 2 is 1.30 bits per heavy atom. The van der Waals surface area contributed by atoms with Crippen molar-refractivity contribution in [2.24, 2.45) is 11.8 Å². The first kappa shape index (κ1) is 5.56. The Morgan fingerprint density at radius 3 is 1.80 bits per heavy atom. The zero-order valence-electron chi connectivity index (χ0n) is 5.95. The summed E-state index contributed by atoms with van der Waals surface area (Å²) in [7, 11) is 0. The van der Waals surface area contributed by atoms with Gasteiger partial charge in [-0.1, -0.05) is 0 Å². The van der Waals surface area contributed by atoms with Crippen LogP contribution in [0.4, 0.5) is 0 Å². The predicted octanol–water partition coefficient (Wildman–Crippen LogP) is 0.810. The molecule has 0 aromatic rings. The van der Waals surface area contributed by atoms with E-state index >= 15 is 0 Å². The Hall–Kier alpha value is -0.0800. The van der Waals surface area contributed by atoms with E-state index in [-0.39, 0.29) is 0 Å². The van der Waals surface area contributed by atoms with Crippen molar-refractivity contribution in [2.75, 3.05) is 13.2 Å². The second kappa shape index (κ2) is 1.74. The van der Waals surface area contributed by atoms with Crippen LogP contribution in [-0.2, 0) is 9.47 Å². The zero-order chi connectivity index (χ0) is 6.55. The normalized spacial score (nSPS) is 57.6. The van der Waals surface area contributed by atoms with Gasteiger partial charge in [0.25, 0.3) is 0 Å². The second-order valence-electron chi connectivity index (χ2n) is 3.65. The van der Waals surface area contributed by atoms with Crippen LogP contribution in [0.15, 0.2) is 0 Å². The predicted molar refractivity (Wildman–Crippen MR) is 35.7 cm³/mol. The lowest BCUT2D eigenvalue weighted by molar-refractivity contribution is 0.0554. The maximum atomic E-state index is 5.63. The molecule has 0 spiro atoms. The molecule has 3 aliphatic rings. The first-order chi connectivity index (χ1) is 4.95. The van der Waals surface area contributed by atoms with Gasteiger partial charge in [-0.2, -0.15) is 0 Å². The number of hydrogen-bond acceptors (Lipinski definition) is 2. The molecule has 0 amide bonds. The fourth-order valence-corrected chi connectivity index (χ4v) is 2.65. The molecule has 2 heteroatoms. The van der Waals surface area contributed by atoms with Gasteiger partial charge < -0.3 is 9.47 Å². The molecule has 10 heavy (non-hydrogen) atoms. The van der Waals surface area contributed by atoms with E-state index in [1.54, 1.807) is 0 Å². The van der Waals surface area contributed by atoms with Crippen LogP contribution in [0.1, 0.15) is 12.8 Å². The molecule has 1 aliphatic carbocycles. The minimum absolute atomic E-state index is 0.559. The van der Waals surface area contributed by atoms with Gasteiger partial charge in [0.05, 0.1) is 25.4 Å². The van der Waals surface area contributed by atoms with Gasteiger partial charge in [0.2, 0.25) is 0 Å². The van der Waals surface area contributed by atoms with Gasteiger partial charge in [-0.25, -0.2) is 0 Å². The van der Waals surface area contributed by atoms with Crippen molar-refractivity contribution in [3.05, 3.63) is 0 Å². The fourth-order valence-electron chi connectivity index (χ4n) is 2.65. The van der Waals surface area contributed by atoms with Crippen molar-refractivity contribution in [2.45, 2.75) is 25.0 Å². The average molecular weight is 140 g/mol. The van der Waals surface area contributed by atoms with Crippen molar-refractivity contribution >= 4 is 0 Å². The number of hydrogen-bond donors (Lipinski definition) is 0. The lowest BCUT2D eigenvalue weighted by atomic mass is 9.81. The Labute approximate surface area is 60.5 Å². The first-order valence-corrected chi connectivity index (χ1v) is 4.18. The molecule has 2 saturated heterocycles. The molecule has 2 heterocycles. The van der Waals surface area contributed by atoms with Crippen LogP contribution < -0.4 is 0 Å². The van der Waals surface area contributed by atoms with E-state index in [1.165, 1.54) is 12.8 Å². The fraction of sp³-hybridized carbons (Fsp3) is 1.00. The molecule has 0 radical (unpaired) electrons. The Bertz CT molecular complexity index is 139. The summed E-state index contributed by atoms with van der Waals surface area (Å²) in [5.74, 6) is 1.53. The van der Waals surface area contributed by atoms with Crippen molar-refractivity contribution < 1.29 is 9.47 Å². The third-order valence-corrected chi connectivity index (χ3v) is 3.25. The van der Waals surface area contributed by atoms with Crippen LogP contribution in [0.2, 0.25) is 0 Å². The lowest BCUT2D eigenvalue weighted by Crippen LogP contribution is -2.28. The highest BCUT2D eigenvalue weighted by molar-refractivity contribution is 4.97. The molecule has 0 aromatic heterocycles. The van der Waals surface area contributed by atoms with Crippen molar-refractivity contribution in [3.8, 4) is 0 Å². The Morgan fingerprint density at radius 1 is 0.800 bits per heavy atom. The molecule has 2 nitrogen and oxygen atoms in total. The van der Waals surface area contributed by atoms with E-state index in [9.17, 15) is 0 Å². The topological polar surface area (TPSA) is 18.5 Å². The van der Waals surface area contributed by atoms with Crippen LogP contribution in [0.25, 0.3) is 0 Å². The molecule has 0 N–H and O–H groups in total. The van der Waals surface area contributed by atoms with Crippen molar-refractivity contribution in [3.63, 3.8) is 0 Å². The summed E-state index contributed by atoms with van der Waals surface area (Å²) < 4.78 is 11.3. The molecule has 2 aliphatic heterocycles. The molecule has 1 saturated carbocycles. The second-order valence-corrected chi connectivity index (χ2v) is 3.65. The van der Waals surface area contributed by atoms with Gasteiger partial charge >= 0.3 is 0 Å². The summed E-state index contributed by atoms with van der Waals surface area (Å²) in [6.07, 6.45) is 3.60. The zero-order valence-corrected chi connectivity index (χ0v) is 5.95. The highest BCUT2D eigenvalue weighted by Gasteiger charge is 2.50. The third kappa shape index (κ3) is 0.523. The van der Waals surface area contributed by atoms with Gasteiger partial charge in [-0.05, 0) is 12.8 Å².